The van der Waals surface area contributed by atoms with Gasteiger partial charge in [0.25, 0.3) is 5.56 Å². The highest BCUT2D eigenvalue weighted by atomic mass is 32.2. The van der Waals surface area contributed by atoms with Gasteiger partial charge in [-0.2, -0.15) is 0 Å². The number of rotatable bonds is 1. The number of thioether (sulfide) groups is 1. The third kappa shape index (κ3) is 2.07. The number of halogens is 1. The Labute approximate surface area is 140 Å². The predicted octanol–water partition coefficient (Wildman–Crippen LogP) is 0.571. The maximum atomic E-state index is 14.8. The van der Waals surface area contributed by atoms with E-state index in [1.807, 2.05) is 11.8 Å². The van der Waals surface area contributed by atoms with Crippen molar-refractivity contribution in [3.05, 3.63) is 32.7 Å². The lowest BCUT2D eigenvalue weighted by molar-refractivity contribution is 0.157. The fourth-order valence-electron chi connectivity index (χ4n) is 3.51. The number of aromatic nitrogens is 2. The van der Waals surface area contributed by atoms with E-state index < -0.39 is 17.1 Å². The molecule has 2 atom stereocenters. The Kier molecular flexibility index (Phi) is 3.40. The molecule has 1 fully saturated rings. The van der Waals surface area contributed by atoms with Gasteiger partial charge in [0, 0.05) is 30.9 Å². The number of hydrogen-bond donors (Lipinski definition) is 2. The summed E-state index contributed by atoms with van der Waals surface area (Å²) in [6.07, 6.45) is 0.766. The van der Waals surface area contributed by atoms with Crippen molar-refractivity contribution < 1.29 is 9.60 Å². The fourth-order valence-corrected chi connectivity index (χ4v) is 4.81. The highest BCUT2D eigenvalue weighted by Gasteiger charge is 2.31. The summed E-state index contributed by atoms with van der Waals surface area (Å²) in [6, 6.07) is 1.09. The van der Waals surface area contributed by atoms with E-state index in [0.29, 0.717) is 35.7 Å². The Hall–Kier alpha value is -2.00. The van der Waals surface area contributed by atoms with E-state index >= 15 is 0 Å². The molecule has 2 aliphatic rings. The van der Waals surface area contributed by atoms with Crippen LogP contribution in [-0.2, 0) is 6.54 Å². The molecule has 3 N–H and O–H groups in total. The number of anilines is 1. The third-order valence-corrected chi connectivity index (χ3v) is 5.76. The Morgan fingerprint density at radius 1 is 1.38 bits per heavy atom. The minimum Gasteiger partial charge on any atom is -0.421 e. The van der Waals surface area contributed by atoms with Gasteiger partial charge in [-0.1, -0.05) is 11.7 Å². The van der Waals surface area contributed by atoms with Crippen LogP contribution in [0.1, 0.15) is 13.3 Å². The summed E-state index contributed by atoms with van der Waals surface area (Å²) in [7, 11) is 0. The molecule has 0 amide bonds. The molecule has 128 valence electrons. The average molecular weight is 352 g/mol. The summed E-state index contributed by atoms with van der Waals surface area (Å²) in [6.45, 7) is 3.43. The van der Waals surface area contributed by atoms with E-state index in [1.165, 1.54) is 16.3 Å². The van der Waals surface area contributed by atoms with Gasteiger partial charge in [0.1, 0.15) is 5.82 Å². The Bertz CT molecular complexity index is 970. The van der Waals surface area contributed by atoms with Gasteiger partial charge in [0.2, 0.25) is 0 Å². The molecule has 0 saturated carbocycles. The molecule has 24 heavy (non-hydrogen) atoms. The molecule has 1 saturated heterocycles. The van der Waals surface area contributed by atoms with Crippen molar-refractivity contribution in [3.8, 4) is 0 Å². The third-order valence-electron chi connectivity index (χ3n) is 4.59. The molecule has 2 unspecified atom stereocenters. The van der Waals surface area contributed by atoms with Gasteiger partial charge in [0.15, 0.2) is 0 Å². The van der Waals surface area contributed by atoms with Crippen molar-refractivity contribution in [2.24, 2.45) is 5.73 Å². The Morgan fingerprint density at radius 2 is 2.12 bits per heavy atom. The van der Waals surface area contributed by atoms with Gasteiger partial charge in [-0.05, 0) is 12.5 Å². The number of benzene rings is 1. The summed E-state index contributed by atoms with van der Waals surface area (Å²) in [5.41, 5.74) is 5.05. The topological polar surface area (TPSA) is 93.5 Å². The van der Waals surface area contributed by atoms with Crippen LogP contribution in [0.2, 0.25) is 0 Å². The predicted molar refractivity (Wildman–Crippen MR) is 89.7 cm³/mol. The first-order chi connectivity index (χ1) is 11.4. The first-order valence-corrected chi connectivity index (χ1v) is 8.65. The second kappa shape index (κ2) is 5.25. The van der Waals surface area contributed by atoms with Crippen molar-refractivity contribution >= 4 is 28.4 Å². The minimum absolute atomic E-state index is 0.00716. The smallest absolute Gasteiger partial charge is 0.365 e. The highest BCUT2D eigenvalue weighted by Crippen LogP contribution is 2.43. The summed E-state index contributed by atoms with van der Waals surface area (Å²) in [5, 5.41) is 9.76. The van der Waals surface area contributed by atoms with Gasteiger partial charge >= 0.3 is 5.69 Å². The van der Waals surface area contributed by atoms with E-state index in [0.717, 1.165) is 12.5 Å². The zero-order valence-electron chi connectivity index (χ0n) is 13.0. The zero-order chi connectivity index (χ0) is 17.2. The lowest BCUT2D eigenvalue weighted by Gasteiger charge is -2.29. The molecule has 9 heteroatoms. The molecule has 1 aromatic heterocycles. The summed E-state index contributed by atoms with van der Waals surface area (Å²) >= 11 is 1.44. The van der Waals surface area contributed by atoms with Crippen LogP contribution in [-0.4, -0.2) is 38.9 Å². The molecule has 2 aromatic rings. The molecule has 3 heterocycles. The van der Waals surface area contributed by atoms with E-state index in [1.54, 1.807) is 0 Å². The molecule has 4 rings (SSSR count). The van der Waals surface area contributed by atoms with Crippen molar-refractivity contribution in [3.63, 3.8) is 0 Å². The van der Waals surface area contributed by atoms with Crippen LogP contribution >= 0.6 is 11.8 Å². The van der Waals surface area contributed by atoms with Crippen molar-refractivity contribution in [2.45, 2.75) is 36.1 Å². The summed E-state index contributed by atoms with van der Waals surface area (Å²) in [5.74, 6) is -0.532. The standard InChI is InChI=1S/C15H17FN4O3S/c1-7-5-19-11-9(14(21)20(23)15(19)22)4-10(16)12(13(11)24-7)18-3-2-8(17)6-18/h4,7-8,23H,2-3,5-6,17H2,1H3. The second-order valence-electron chi connectivity index (χ2n) is 6.37. The van der Waals surface area contributed by atoms with Crippen LogP contribution in [0.25, 0.3) is 10.9 Å². The maximum absolute atomic E-state index is 14.8. The summed E-state index contributed by atoms with van der Waals surface area (Å²) in [4.78, 5) is 26.9. The molecule has 0 radical (unpaired) electrons. The molecule has 1 aromatic carbocycles. The maximum Gasteiger partial charge on any atom is 0.365 e. The molecule has 0 spiro atoms. The highest BCUT2D eigenvalue weighted by molar-refractivity contribution is 8.00. The molecular formula is C15H17FN4O3S. The lowest BCUT2D eigenvalue weighted by Crippen LogP contribution is -2.41. The van der Waals surface area contributed by atoms with Gasteiger partial charge in [-0.3, -0.25) is 9.36 Å². The number of nitrogens with two attached hydrogens (primary N) is 1. The van der Waals surface area contributed by atoms with E-state index in [2.05, 4.69) is 0 Å². The van der Waals surface area contributed by atoms with E-state index in [9.17, 15) is 19.2 Å². The molecular weight excluding hydrogens is 335 g/mol. The van der Waals surface area contributed by atoms with E-state index in [-0.39, 0.29) is 21.4 Å². The number of hydrogen-bond acceptors (Lipinski definition) is 6. The largest absolute Gasteiger partial charge is 0.421 e. The van der Waals surface area contributed by atoms with Crippen molar-refractivity contribution in [1.82, 2.24) is 9.30 Å². The Balaban J connectivity index is 2.11. The van der Waals surface area contributed by atoms with Crippen LogP contribution in [0.4, 0.5) is 10.1 Å². The van der Waals surface area contributed by atoms with Crippen LogP contribution in [0.3, 0.4) is 0 Å². The van der Waals surface area contributed by atoms with Gasteiger partial charge < -0.3 is 15.8 Å². The van der Waals surface area contributed by atoms with Crippen LogP contribution in [0.5, 0.6) is 0 Å². The minimum atomic E-state index is -0.897. The zero-order valence-corrected chi connectivity index (χ0v) is 13.8. The average Bonchev–Trinajstić information content (AvgIpc) is 2.95. The fraction of sp³-hybridized carbons (Fsp3) is 0.467. The van der Waals surface area contributed by atoms with Gasteiger partial charge in [-0.25, -0.2) is 9.18 Å². The molecule has 0 bridgehead atoms. The van der Waals surface area contributed by atoms with Crippen molar-refractivity contribution in [2.75, 3.05) is 18.0 Å². The second-order valence-corrected chi connectivity index (χ2v) is 7.81. The summed E-state index contributed by atoms with van der Waals surface area (Å²) < 4.78 is 16.2. The SMILES string of the molecule is CC1Cn2c(=O)n(O)c(=O)c3cc(F)c(N4CCC(N)C4)c(c32)S1. The molecule has 7 nitrogen and oxygen atoms in total. The normalized spacial score (nSPS) is 23.2. The quantitative estimate of drug-likeness (QED) is 0.729. The van der Waals surface area contributed by atoms with Crippen LogP contribution in [0.15, 0.2) is 20.6 Å². The van der Waals surface area contributed by atoms with Gasteiger partial charge in [-0.15, -0.1) is 11.8 Å². The van der Waals surface area contributed by atoms with E-state index in [4.69, 9.17) is 5.73 Å². The molecule has 0 aliphatic carbocycles. The monoisotopic (exact) mass is 352 g/mol. The molecule has 2 aliphatic heterocycles. The van der Waals surface area contributed by atoms with Crippen LogP contribution < -0.4 is 21.9 Å². The lowest BCUT2D eigenvalue weighted by atomic mass is 10.1. The van der Waals surface area contributed by atoms with Crippen molar-refractivity contribution in [1.29, 1.82) is 0 Å². The first kappa shape index (κ1) is 15.5. The van der Waals surface area contributed by atoms with Gasteiger partial charge in [0.05, 0.1) is 21.5 Å². The van der Waals surface area contributed by atoms with Crippen LogP contribution in [0, 0.1) is 5.82 Å². The Morgan fingerprint density at radius 3 is 2.79 bits per heavy atom. The number of nitrogens with zero attached hydrogens (tertiary/aromatic N) is 3. The first-order valence-electron chi connectivity index (χ1n) is 7.77.